The normalized spacial score (nSPS) is 22.5. The van der Waals surface area contributed by atoms with Crippen molar-refractivity contribution in [2.45, 2.75) is 188 Å². The van der Waals surface area contributed by atoms with Crippen LogP contribution in [-0.2, 0) is 27.1 Å². The fraction of sp³-hybridized carbons (Fsp3) is 0.516. The van der Waals surface area contributed by atoms with Crippen molar-refractivity contribution >= 4 is 57.2 Å². The van der Waals surface area contributed by atoms with Crippen molar-refractivity contribution in [1.82, 2.24) is 0 Å². The van der Waals surface area contributed by atoms with Gasteiger partial charge in [-0.2, -0.15) is 0 Å². The Hall–Kier alpha value is -4.24. The van der Waals surface area contributed by atoms with Crippen molar-refractivity contribution in [2.75, 3.05) is 9.80 Å². The van der Waals surface area contributed by atoms with E-state index in [0.29, 0.717) is 11.8 Å². The first-order valence-electron chi connectivity index (χ1n) is 25.7. The monoisotopic (exact) mass is 863 g/mol. The molecule has 65 heavy (non-hydrogen) atoms. The van der Waals surface area contributed by atoms with E-state index in [4.69, 9.17) is 0 Å². The maximum Gasteiger partial charge on any atom is 0.252 e. The van der Waals surface area contributed by atoms with Crippen LogP contribution in [0.2, 0.25) is 0 Å². The summed E-state index contributed by atoms with van der Waals surface area (Å²) < 4.78 is 0. The summed E-state index contributed by atoms with van der Waals surface area (Å²) in [6.45, 7) is 38.3. The second kappa shape index (κ2) is 14.9. The lowest BCUT2D eigenvalue weighted by Crippen LogP contribution is -2.61. The SMILES string of the molecule is CC(C)c1ccc2c(c1)N(c1cc(C(C)(C)C)cc(C(C)(C)C)c1)c1cc(C34CC5CC(CC(C5)C3)C4)cc3c1B2c1ccc(C(C)C)cc1N3c1cc(C(C)(C)C)cc(C(C)(C)C)c1. The summed E-state index contributed by atoms with van der Waals surface area (Å²) in [6, 6.07) is 35.8. The quantitative estimate of drug-likeness (QED) is 0.159. The van der Waals surface area contributed by atoms with E-state index in [2.05, 4.69) is 206 Å². The fourth-order valence-corrected chi connectivity index (χ4v) is 13.3. The molecule has 5 aromatic carbocycles. The predicted molar refractivity (Wildman–Crippen MR) is 283 cm³/mol. The summed E-state index contributed by atoms with van der Waals surface area (Å²) >= 11 is 0. The highest BCUT2D eigenvalue weighted by atomic mass is 15.2. The van der Waals surface area contributed by atoms with Crippen LogP contribution >= 0.6 is 0 Å². The van der Waals surface area contributed by atoms with Crippen LogP contribution in [-0.4, -0.2) is 6.71 Å². The van der Waals surface area contributed by atoms with Crippen LogP contribution in [0, 0.1) is 17.8 Å². The zero-order chi connectivity index (χ0) is 46.5. The van der Waals surface area contributed by atoms with Gasteiger partial charge in [-0.25, -0.2) is 0 Å². The van der Waals surface area contributed by atoms with Gasteiger partial charge in [-0.1, -0.05) is 147 Å². The summed E-state index contributed by atoms with van der Waals surface area (Å²) in [5.74, 6) is 3.39. The summed E-state index contributed by atoms with van der Waals surface area (Å²) in [7, 11) is 0. The van der Waals surface area contributed by atoms with Crippen LogP contribution in [0.3, 0.4) is 0 Å². The first-order valence-corrected chi connectivity index (χ1v) is 25.7. The largest absolute Gasteiger partial charge is 0.311 e. The van der Waals surface area contributed by atoms with Gasteiger partial charge in [-0.15, -0.1) is 0 Å². The average molecular weight is 863 g/mol. The molecule has 4 bridgehead atoms. The van der Waals surface area contributed by atoms with Crippen LogP contribution in [0.4, 0.5) is 34.1 Å². The Bertz CT molecular complexity index is 2440. The molecule has 3 heteroatoms. The molecule has 2 nitrogen and oxygen atoms in total. The molecular formula is C62H79BN2. The fourth-order valence-electron chi connectivity index (χ4n) is 13.3. The first kappa shape index (κ1) is 44.6. The molecule has 11 rings (SSSR count). The van der Waals surface area contributed by atoms with E-state index in [9.17, 15) is 0 Å². The van der Waals surface area contributed by atoms with Crippen molar-refractivity contribution in [1.29, 1.82) is 0 Å². The van der Waals surface area contributed by atoms with Gasteiger partial charge in [0, 0.05) is 34.1 Å². The molecule has 4 fully saturated rings. The van der Waals surface area contributed by atoms with Crippen LogP contribution < -0.4 is 26.2 Å². The molecule has 0 saturated heterocycles. The van der Waals surface area contributed by atoms with Gasteiger partial charge in [-0.05, 0) is 199 Å². The van der Waals surface area contributed by atoms with E-state index in [1.807, 2.05) is 0 Å². The minimum Gasteiger partial charge on any atom is -0.311 e. The van der Waals surface area contributed by atoms with Gasteiger partial charge >= 0.3 is 0 Å². The third kappa shape index (κ3) is 7.53. The molecule has 5 aromatic rings. The smallest absolute Gasteiger partial charge is 0.252 e. The molecule has 0 spiro atoms. The topological polar surface area (TPSA) is 6.48 Å². The highest BCUT2D eigenvalue weighted by Crippen LogP contribution is 2.62. The average Bonchev–Trinajstić information content (AvgIpc) is 3.20. The molecular weight excluding hydrogens is 784 g/mol. The third-order valence-corrected chi connectivity index (χ3v) is 16.9. The van der Waals surface area contributed by atoms with Gasteiger partial charge in [0.15, 0.2) is 0 Å². The van der Waals surface area contributed by atoms with Crippen LogP contribution in [0.25, 0.3) is 0 Å². The van der Waals surface area contributed by atoms with Gasteiger partial charge < -0.3 is 9.80 Å². The molecule has 2 aliphatic heterocycles. The Morgan fingerprint density at radius 2 is 0.785 bits per heavy atom. The second-order valence-corrected chi connectivity index (χ2v) is 26.7. The van der Waals surface area contributed by atoms with Gasteiger partial charge in [0.1, 0.15) is 0 Å². The highest BCUT2D eigenvalue weighted by Gasteiger charge is 2.53. The Kier molecular flexibility index (Phi) is 10.2. The lowest BCUT2D eigenvalue weighted by molar-refractivity contribution is -0.00514. The lowest BCUT2D eigenvalue weighted by Gasteiger charge is -2.57. The second-order valence-electron chi connectivity index (χ2n) is 26.7. The molecule has 0 N–H and O–H groups in total. The van der Waals surface area contributed by atoms with E-state index in [1.54, 1.807) is 5.56 Å². The molecule has 0 atom stereocenters. The maximum absolute atomic E-state index is 2.77. The Labute approximate surface area is 395 Å². The summed E-state index contributed by atoms with van der Waals surface area (Å²) in [4.78, 5) is 5.53. The number of fused-ring (bicyclic) bond motifs is 4. The van der Waals surface area contributed by atoms with Crippen molar-refractivity contribution in [3.63, 3.8) is 0 Å². The molecule has 340 valence electrons. The molecule has 6 aliphatic rings. The predicted octanol–water partition coefficient (Wildman–Crippen LogP) is 15.7. The Balaban J connectivity index is 1.36. The summed E-state index contributed by atoms with van der Waals surface area (Å²) in [5, 5.41) is 0. The van der Waals surface area contributed by atoms with E-state index >= 15 is 0 Å². The minimum atomic E-state index is -0.00981. The Morgan fingerprint density at radius 3 is 1.09 bits per heavy atom. The molecule has 4 aliphatic carbocycles. The first-order chi connectivity index (χ1) is 30.3. The summed E-state index contributed by atoms with van der Waals surface area (Å²) in [5.41, 5.74) is 22.5. The standard InChI is InChI=1S/C62H79BN2/c1-37(2)42-17-19-51-53(24-42)64(49-28-44(58(5,6)7)26-45(29-49)59(8,9)10)55-32-48(62-34-39-21-40(35-62)23-41(22-39)36-62)33-56-57(55)63(51)52-20-18-43(38(3)4)25-54(52)65(56)50-30-46(60(11,12)13)27-47(31-50)61(14,15)16/h17-20,24-33,37-41H,21-23,34-36H2,1-16H3. The number of benzene rings is 5. The van der Waals surface area contributed by atoms with Gasteiger partial charge in [0.25, 0.3) is 6.71 Å². The van der Waals surface area contributed by atoms with Crippen LogP contribution in [0.5, 0.6) is 0 Å². The van der Waals surface area contributed by atoms with Crippen molar-refractivity contribution in [2.24, 2.45) is 17.8 Å². The molecule has 0 radical (unpaired) electrons. The number of nitrogens with zero attached hydrogens (tertiary/aromatic N) is 2. The zero-order valence-electron chi connectivity index (χ0n) is 43.2. The summed E-state index contributed by atoms with van der Waals surface area (Å²) in [6.07, 6.45) is 8.34. The van der Waals surface area contributed by atoms with Gasteiger partial charge in [-0.3, -0.25) is 0 Å². The third-order valence-electron chi connectivity index (χ3n) is 16.9. The minimum absolute atomic E-state index is 0.00981. The molecule has 2 heterocycles. The van der Waals surface area contributed by atoms with Gasteiger partial charge in [0.2, 0.25) is 0 Å². The molecule has 0 unspecified atom stereocenters. The highest BCUT2D eigenvalue weighted by molar-refractivity contribution is 7.00. The van der Waals surface area contributed by atoms with Crippen LogP contribution in [0.1, 0.15) is 200 Å². The van der Waals surface area contributed by atoms with Crippen molar-refractivity contribution < 1.29 is 0 Å². The van der Waals surface area contributed by atoms with Crippen LogP contribution in [0.15, 0.2) is 84.9 Å². The molecule has 0 aromatic heterocycles. The lowest BCUT2D eigenvalue weighted by atomic mass is 9.33. The zero-order valence-corrected chi connectivity index (χ0v) is 43.2. The number of hydrogen-bond donors (Lipinski definition) is 0. The van der Waals surface area contributed by atoms with E-state index < -0.39 is 0 Å². The van der Waals surface area contributed by atoms with E-state index in [1.165, 1.54) is 122 Å². The van der Waals surface area contributed by atoms with E-state index in [0.717, 1.165) is 17.8 Å². The molecule has 0 amide bonds. The molecule has 4 saturated carbocycles. The van der Waals surface area contributed by atoms with Crippen molar-refractivity contribution in [3.05, 3.63) is 124 Å². The Morgan fingerprint density at radius 1 is 0.446 bits per heavy atom. The maximum atomic E-state index is 2.77. The van der Waals surface area contributed by atoms with Crippen molar-refractivity contribution in [3.8, 4) is 0 Å². The number of hydrogen-bond acceptors (Lipinski definition) is 2. The number of rotatable bonds is 5. The number of anilines is 6. The van der Waals surface area contributed by atoms with E-state index in [-0.39, 0.29) is 33.8 Å². The van der Waals surface area contributed by atoms with Gasteiger partial charge in [0.05, 0.1) is 0 Å².